The lowest BCUT2D eigenvalue weighted by molar-refractivity contribution is 0.000354. The first-order chi connectivity index (χ1) is 7.75. The number of halogens is 1. The summed E-state index contributed by atoms with van der Waals surface area (Å²) in [5.74, 6) is 0.706. The molecule has 1 fully saturated rings. The van der Waals surface area contributed by atoms with Crippen LogP contribution >= 0.6 is 15.9 Å². The Balaban J connectivity index is 1.88. The van der Waals surface area contributed by atoms with Crippen LogP contribution in [-0.4, -0.2) is 32.4 Å². The number of anilines is 1. The number of ether oxygens (including phenoxy) is 2. The van der Waals surface area contributed by atoms with Crippen LogP contribution in [-0.2, 0) is 4.74 Å². The largest absolute Gasteiger partial charge is 0.489 e. The van der Waals surface area contributed by atoms with Crippen LogP contribution in [0, 0.1) is 0 Å². The smallest absolute Gasteiger partial charge is 0.142 e. The van der Waals surface area contributed by atoms with Crippen LogP contribution in [0.15, 0.2) is 22.7 Å². The van der Waals surface area contributed by atoms with E-state index in [0.717, 1.165) is 24.2 Å². The van der Waals surface area contributed by atoms with Crippen LogP contribution in [0.5, 0.6) is 5.75 Å². The molecule has 1 aliphatic rings. The molecular weight excluding hydrogens is 272 g/mol. The number of rotatable bonds is 3. The van der Waals surface area contributed by atoms with Crippen molar-refractivity contribution in [3.05, 3.63) is 22.7 Å². The second kappa shape index (κ2) is 5.52. The molecule has 4 nitrogen and oxygen atoms in total. The van der Waals surface area contributed by atoms with Gasteiger partial charge in [-0.2, -0.15) is 0 Å². The van der Waals surface area contributed by atoms with E-state index >= 15 is 0 Å². The SMILES string of the molecule is Nc1cc(Br)ccc1OC[C@@H]1CNCCO1. The van der Waals surface area contributed by atoms with E-state index in [1.54, 1.807) is 0 Å². The fraction of sp³-hybridized carbons (Fsp3) is 0.455. The zero-order valence-electron chi connectivity index (χ0n) is 8.91. The van der Waals surface area contributed by atoms with E-state index in [1.807, 2.05) is 18.2 Å². The van der Waals surface area contributed by atoms with Gasteiger partial charge in [0.25, 0.3) is 0 Å². The zero-order chi connectivity index (χ0) is 11.4. The maximum atomic E-state index is 5.83. The van der Waals surface area contributed by atoms with Gasteiger partial charge < -0.3 is 20.5 Å². The second-order valence-corrected chi connectivity index (χ2v) is 4.61. The van der Waals surface area contributed by atoms with Gasteiger partial charge in [-0.1, -0.05) is 15.9 Å². The van der Waals surface area contributed by atoms with Gasteiger partial charge in [-0.05, 0) is 18.2 Å². The monoisotopic (exact) mass is 286 g/mol. The summed E-state index contributed by atoms with van der Waals surface area (Å²) in [5.41, 5.74) is 6.46. The fourth-order valence-electron chi connectivity index (χ4n) is 1.56. The molecule has 3 N–H and O–H groups in total. The third kappa shape index (κ3) is 3.10. The molecule has 2 rings (SSSR count). The third-order valence-electron chi connectivity index (χ3n) is 2.40. The van der Waals surface area contributed by atoms with Crippen molar-refractivity contribution in [3.8, 4) is 5.75 Å². The molecule has 1 heterocycles. The maximum absolute atomic E-state index is 5.83. The van der Waals surface area contributed by atoms with Crippen LogP contribution in [0.2, 0.25) is 0 Å². The van der Waals surface area contributed by atoms with Crippen LogP contribution in [0.1, 0.15) is 0 Å². The van der Waals surface area contributed by atoms with Crippen molar-refractivity contribution in [2.75, 3.05) is 32.0 Å². The van der Waals surface area contributed by atoms with Crippen LogP contribution in [0.4, 0.5) is 5.69 Å². The van der Waals surface area contributed by atoms with Gasteiger partial charge in [-0.15, -0.1) is 0 Å². The van der Waals surface area contributed by atoms with E-state index in [4.69, 9.17) is 15.2 Å². The molecule has 1 aliphatic heterocycles. The van der Waals surface area contributed by atoms with Crippen LogP contribution in [0.25, 0.3) is 0 Å². The highest BCUT2D eigenvalue weighted by Gasteiger charge is 2.14. The topological polar surface area (TPSA) is 56.5 Å². The molecule has 1 atom stereocenters. The summed E-state index contributed by atoms with van der Waals surface area (Å²) < 4.78 is 12.1. The van der Waals surface area contributed by atoms with Crippen molar-refractivity contribution in [1.82, 2.24) is 5.32 Å². The number of morpholine rings is 1. The van der Waals surface area contributed by atoms with Crippen molar-refractivity contribution < 1.29 is 9.47 Å². The maximum Gasteiger partial charge on any atom is 0.142 e. The summed E-state index contributed by atoms with van der Waals surface area (Å²) in [4.78, 5) is 0. The molecule has 88 valence electrons. The van der Waals surface area contributed by atoms with Crippen LogP contribution < -0.4 is 15.8 Å². The highest BCUT2D eigenvalue weighted by molar-refractivity contribution is 9.10. The molecule has 0 aromatic heterocycles. The van der Waals surface area contributed by atoms with E-state index in [9.17, 15) is 0 Å². The molecule has 1 aromatic carbocycles. The van der Waals surface area contributed by atoms with Crippen LogP contribution in [0.3, 0.4) is 0 Å². The minimum absolute atomic E-state index is 0.108. The Labute approximate surface area is 103 Å². The Morgan fingerprint density at radius 1 is 1.56 bits per heavy atom. The molecular formula is C11H15BrN2O2. The van der Waals surface area contributed by atoms with Gasteiger partial charge in [0.2, 0.25) is 0 Å². The quantitative estimate of drug-likeness (QED) is 0.825. The van der Waals surface area contributed by atoms with Gasteiger partial charge in [0, 0.05) is 17.6 Å². The Morgan fingerprint density at radius 3 is 3.12 bits per heavy atom. The molecule has 1 aromatic rings. The van der Waals surface area contributed by atoms with E-state index in [0.29, 0.717) is 18.0 Å². The predicted molar refractivity (Wildman–Crippen MR) is 66.7 cm³/mol. The molecule has 5 heteroatoms. The van der Waals surface area contributed by atoms with Crippen molar-refractivity contribution >= 4 is 21.6 Å². The lowest BCUT2D eigenvalue weighted by atomic mass is 10.3. The van der Waals surface area contributed by atoms with Crippen molar-refractivity contribution in [3.63, 3.8) is 0 Å². The molecule has 0 saturated carbocycles. The van der Waals surface area contributed by atoms with Gasteiger partial charge in [0.05, 0.1) is 12.3 Å². The number of benzene rings is 1. The molecule has 0 spiro atoms. The van der Waals surface area contributed by atoms with E-state index in [-0.39, 0.29) is 6.10 Å². The summed E-state index contributed by atoms with van der Waals surface area (Å²) >= 11 is 3.35. The first kappa shape index (κ1) is 11.7. The summed E-state index contributed by atoms with van der Waals surface area (Å²) in [6.07, 6.45) is 0.108. The molecule has 1 saturated heterocycles. The van der Waals surface area contributed by atoms with Gasteiger partial charge in [0.1, 0.15) is 18.5 Å². The molecule has 0 aliphatic carbocycles. The molecule has 16 heavy (non-hydrogen) atoms. The summed E-state index contributed by atoms with van der Waals surface area (Å²) in [5, 5.41) is 3.25. The van der Waals surface area contributed by atoms with E-state index in [2.05, 4.69) is 21.2 Å². The molecule has 0 bridgehead atoms. The number of nitrogens with one attached hydrogen (secondary N) is 1. The Kier molecular flexibility index (Phi) is 4.04. The highest BCUT2D eigenvalue weighted by atomic mass is 79.9. The van der Waals surface area contributed by atoms with Gasteiger partial charge in [-0.25, -0.2) is 0 Å². The summed E-state index contributed by atoms with van der Waals surface area (Å²) in [6.45, 7) is 3.01. The second-order valence-electron chi connectivity index (χ2n) is 3.69. The van der Waals surface area contributed by atoms with Gasteiger partial charge in [0.15, 0.2) is 0 Å². The number of nitrogens with two attached hydrogens (primary N) is 1. The first-order valence-corrected chi connectivity index (χ1v) is 6.05. The minimum atomic E-state index is 0.108. The highest BCUT2D eigenvalue weighted by Crippen LogP contribution is 2.25. The number of nitrogen functional groups attached to an aromatic ring is 1. The lowest BCUT2D eigenvalue weighted by Crippen LogP contribution is -2.41. The number of hydrogen-bond acceptors (Lipinski definition) is 4. The molecule has 0 unspecified atom stereocenters. The van der Waals surface area contributed by atoms with Gasteiger partial charge >= 0.3 is 0 Å². The van der Waals surface area contributed by atoms with Crippen molar-refractivity contribution in [2.24, 2.45) is 0 Å². The average molecular weight is 287 g/mol. The van der Waals surface area contributed by atoms with Crippen molar-refractivity contribution in [2.45, 2.75) is 6.10 Å². The van der Waals surface area contributed by atoms with Crippen molar-refractivity contribution in [1.29, 1.82) is 0 Å². The fourth-order valence-corrected chi connectivity index (χ4v) is 1.94. The zero-order valence-corrected chi connectivity index (χ0v) is 10.5. The normalized spacial score (nSPS) is 20.7. The first-order valence-electron chi connectivity index (χ1n) is 5.26. The standard InChI is InChI=1S/C11H15BrN2O2/c12-8-1-2-11(10(13)5-8)16-7-9-6-14-3-4-15-9/h1-2,5,9,14H,3-4,6-7,13H2/t9-/m0/s1. The van der Waals surface area contributed by atoms with E-state index < -0.39 is 0 Å². The van der Waals surface area contributed by atoms with E-state index in [1.165, 1.54) is 0 Å². The summed E-state index contributed by atoms with van der Waals surface area (Å²) in [7, 11) is 0. The number of hydrogen-bond donors (Lipinski definition) is 2. The molecule has 0 radical (unpaired) electrons. The lowest BCUT2D eigenvalue weighted by Gasteiger charge is -2.23. The Morgan fingerprint density at radius 2 is 2.44 bits per heavy atom. The third-order valence-corrected chi connectivity index (χ3v) is 2.89. The Bertz CT molecular complexity index is 354. The van der Waals surface area contributed by atoms with Gasteiger partial charge in [-0.3, -0.25) is 0 Å². The minimum Gasteiger partial charge on any atom is -0.489 e. The predicted octanol–water partition coefficient (Wildman–Crippen LogP) is 1.40. The Hall–Kier alpha value is -0.780. The molecule has 0 amide bonds. The summed E-state index contributed by atoms with van der Waals surface area (Å²) in [6, 6.07) is 5.59. The average Bonchev–Trinajstić information content (AvgIpc) is 2.29.